The molecular formula is C10H13ClN2O2. The van der Waals surface area contributed by atoms with Crippen molar-refractivity contribution in [3.05, 3.63) is 23.2 Å². The largest absolute Gasteiger partial charge is 0.348 e. The molecule has 0 N–H and O–H groups in total. The van der Waals surface area contributed by atoms with Crippen LogP contribution in [0.4, 0.5) is 0 Å². The van der Waals surface area contributed by atoms with Gasteiger partial charge in [0.05, 0.1) is 30.8 Å². The van der Waals surface area contributed by atoms with Crippen LogP contribution in [-0.4, -0.2) is 28.5 Å². The third kappa shape index (κ3) is 2.87. The summed E-state index contributed by atoms with van der Waals surface area (Å²) >= 11 is 5.64. The predicted molar refractivity (Wildman–Crippen MR) is 55.7 cm³/mol. The van der Waals surface area contributed by atoms with Crippen molar-refractivity contribution in [2.45, 2.75) is 32.2 Å². The smallest absolute Gasteiger partial charge is 0.163 e. The maximum atomic E-state index is 5.66. The zero-order chi connectivity index (χ0) is 10.9. The van der Waals surface area contributed by atoms with Gasteiger partial charge in [-0.1, -0.05) is 11.6 Å². The maximum Gasteiger partial charge on any atom is 0.163 e. The van der Waals surface area contributed by atoms with E-state index in [1.807, 2.05) is 13.8 Å². The Morgan fingerprint density at radius 3 is 2.80 bits per heavy atom. The molecule has 1 aromatic rings. The lowest BCUT2D eigenvalue weighted by atomic mass is 10.2. The van der Waals surface area contributed by atoms with Crippen LogP contribution < -0.4 is 0 Å². The van der Waals surface area contributed by atoms with Crippen molar-refractivity contribution in [3.8, 4) is 0 Å². The lowest BCUT2D eigenvalue weighted by Crippen LogP contribution is -2.22. The molecule has 1 fully saturated rings. The Hall–Kier alpha value is -0.710. The molecular weight excluding hydrogens is 216 g/mol. The first kappa shape index (κ1) is 10.8. The van der Waals surface area contributed by atoms with Crippen molar-refractivity contribution in [1.82, 2.24) is 9.97 Å². The van der Waals surface area contributed by atoms with Crippen LogP contribution >= 0.6 is 11.6 Å². The topological polar surface area (TPSA) is 44.2 Å². The third-order valence-corrected chi connectivity index (χ3v) is 2.37. The van der Waals surface area contributed by atoms with Crippen molar-refractivity contribution in [2.24, 2.45) is 0 Å². The molecule has 1 aliphatic rings. The summed E-state index contributed by atoms with van der Waals surface area (Å²) in [5.74, 6) is -0.482. The van der Waals surface area contributed by atoms with Gasteiger partial charge < -0.3 is 9.47 Å². The minimum Gasteiger partial charge on any atom is -0.348 e. The summed E-state index contributed by atoms with van der Waals surface area (Å²) in [5, 5.41) is 0.405. The average Bonchev–Trinajstić information content (AvgIpc) is 2.50. The quantitative estimate of drug-likeness (QED) is 0.775. The van der Waals surface area contributed by atoms with Gasteiger partial charge in [0, 0.05) is 6.42 Å². The van der Waals surface area contributed by atoms with Crippen LogP contribution in [0.3, 0.4) is 0 Å². The summed E-state index contributed by atoms with van der Waals surface area (Å²) in [7, 11) is 0. The van der Waals surface area contributed by atoms with E-state index in [-0.39, 0.29) is 6.10 Å². The summed E-state index contributed by atoms with van der Waals surface area (Å²) in [4.78, 5) is 8.12. The molecule has 0 aliphatic carbocycles. The molecule has 0 amide bonds. The molecule has 1 atom stereocenters. The molecule has 0 bridgehead atoms. The maximum absolute atomic E-state index is 5.66. The van der Waals surface area contributed by atoms with Crippen LogP contribution in [0.2, 0.25) is 5.15 Å². The van der Waals surface area contributed by atoms with E-state index >= 15 is 0 Å². The molecule has 1 unspecified atom stereocenters. The Bertz CT molecular complexity index is 340. The van der Waals surface area contributed by atoms with Crippen LogP contribution in [0, 0.1) is 0 Å². The van der Waals surface area contributed by atoms with Gasteiger partial charge in [0.15, 0.2) is 5.79 Å². The number of hydrogen-bond donors (Lipinski definition) is 0. The van der Waals surface area contributed by atoms with Crippen LogP contribution in [0.5, 0.6) is 0 Å². The Kier molecular flexibility index (Phi) is 2.91. The van der Waals surface area contributed by atoms with Crippen LogP contribution in [0.25, 0.3) is 0 Å². The average molecular weight is 229 g/mol. The van der Waals surface area contributed by atoms with E-state index in [0.29, 0.717) is 18.2 Å². The molecule has 1 aromatic heterocycles. The van der Waals surface area contributed by atoms with E-state index in [9.17, 15) is 0 Å². The Labute approximate surface area is 93.6 Å². The number of aromatic nitrogens is 2. The van der Waals surface area contributed by atoms with E-state index in [0.717, 1.165) is 5.69 Å². The summed E-state index contributed by atoms with van der Waals surface area (Å²) in [6.45, 7) is 4.40. The van der Waals surface area contributed by atoms with Gasteiger partial charge in [0.25, 0.3) is 0 Å². The molecule has 15 heavy (non-hydrogen) atoms. The monoisotopic (exact) mass is 228 g/mol. The van der Waals surface area contributed by atoms with Crippen LogP contribution in [0.1, 0.15) is 19.5 Å². The fraction of sp³-hybridized carbons (Fsp3) is 0.600. The Morgan fingerprint density at radius 1 is 1.47 bits per heavy atom. The lowest BCUT2D eigenvalue weighted by molar-refractivity contribution is -0.138. The first-order valence-electron chi connectivity index (χ1n) is 4.83. The summed E-state index contributed by atoms with van der Waals surface area (Å²) in [6.07, 6.45) is 3.96. The van der Waals surface area contributed by atoms with E-state index in [4.69, 9.17) is 21.1 Å². The highest BCUT2D eigenvalue weighted by Gasteiger charge is 2.32. The molecule has 5 heteroatoms. The second-order valence-corrected chi connectivity index (χ2v) is 4.37. The van der Waals surface area contributed by atoms with E-state index < -0.39 is 5.79 Å². The minimum atomic E-state index is -0.482. The molecule has 4 nitrogen and oxygen atoms in total. The molecule has 82 valence electrons. The lowest BCUT2D eigenvalue weighted by Gasteiger charge is -2.16. The minimum absolute atomic E-state index is 0.0514. The van der Waals surface area contributed by atoms with Gasteiger partial charge in [-0.25, -0.2) is 4.98 Å². The van der Waals surface area contributed by atoms with E-state index in [1.165, 1.54) is 6.20 Å². The van der Waals surface area contributed by atoms with E-state index in [2.05, 4.69) is 9.97 Å². The van der Waals surface area contributed by atoms with Gasteiger partial charge in [-0.15, -0.1) is 0 Å². The number of ether oxygens (including phenoxy) is 2. The summed E-state index contributed by atoms with van der Waals surface area (Å²) < 4.78 is 11.1. The van der Waals surface area contributed by atoms with Crippen molar-refractivity contribution < 1.29 is 9.47 Å². The SMILES string of the molecule is CC1(C)OCC(Cc2cnc(Cl)cn2)O1. The van der Waals surface area contributed by atoms with Gasteiger partial charge in [-0.3, -0.25) is 4.98 Å². The zero-order valence-electron chi connectivity index (χ0n) is 8.74. The number of hydrogen-bond acceptors (Lipinski definition) is 4. The Balaban J connectivity index is 1.96. The van der Waals surface area contributed by atoms with Crippen LogP contribution in [0.15, 0.2) is 12.4 Å². The fourth-order valence-corrected chi connectivity index (χ4v) is 1.64. The number of halogens is 1. The van der Waals surface area contributed by atoms with Gasteiger partial charge in [-0.05, 0) is 13.8 Å². The van der Waals surface area contributed by atoms with Gasteiger partial charge in [0.2, 0.25) is 0 Å². The molecule has 2 rings (SSSR count). The van der Waals surface area contributed by atoms with Crippen LogP contribution in [-0.2, 0) is 15.9 Å². The highest BCUT2D eigenvalue weighted by molar-refractivity contribution is 6.29. The van der Waals surface area contributed by atoms with Crippen molar-refractivity contribution in [2.75, 3.05) is 6.61 Å². The first-order valence-corrected chi connectivity index (χ1v) is 5.21. The predicted octanol–water partition coefficient (Wildman–Crippen LogP) is 1.82. The fourth-order valence-electron chi connectivity index (χ4n) is 1.54. The van der Waals surface area contributed by atoms with E-state index in [1.54, 1.807) is 6.20 Å². The second kappa shape index (κ2) is 4.04. The summed E-state index contributed by atoms with van der Waals surface area (Å²) in [5.41, 5.74) is 0.866. The molecule has 0 aromatic carbocycles. The van der Waals surface area contributed by atoms with Gasteiger partial charge in [-0.2, -0.15) is 0 Å². The molecule has 0 spiro atoms. The van der Waals surface area contributed by atoms with Gasteiger partial charge in [0.1, 0.15) is 5.15 Å². The Morgan fingerprint density at radius 2 is 2.27 bits per heavy atom. The summed E-state index contributed by atoms with van der Waals surface area (Å²) in [6, 6.07) is 0. The molecule has 1 saturated heterocycles. The molecule has 0 saturated carbocycles. The normalized spacial score (nSPS) is 24.3. The van der Waals surface area contributed by atoms with Crippen molar-refractivity contribution >= 4 is 11.6 Å². The second-order valence-electron chi connectivity index (χ2n) is 3.99. The zero-order valence-corrected chi connectivity index (χ0v) is 9.49. The molecule has 2 heterocycles. The standard InChI is InChI=1S/C10H13ClN2O2/c1-10(2)14-6-8(15-10)3-7-4-13-9(11)5-12-7/h4-5,8H,3,6H2,1-2H3. The number of nitrogens with zero attached hydrogens (tertiary/aromatic N) is 2. The highest BCUT2D eigenvalue weighted by atomic mass is 35.5. The molecule has 0 radical (unpaired) electrons. The first-order chi connectivity index (χ1) is 7.05. The van der Waals surface area contributed by atoms with Crippen molar-refractivity contribution in [1.29, 1.82) is 0 Å². The highest BCUT2D eigenvalue weighted by Crippen LogP contribution is 2.23. The van der Waals surface area contributed by atoms with Gasteiger partial charge >= 0.3 is 0 Å². The molecule has 1 aliphatic heterocycles. The van der Waals surface area contributed by atoms with Crippen molar-refractivity contribution in [3.63, 3.8) is 0 Å². The number of rotatable bonds is 2. The third-order valence-electron chi connectivity index (χ3n) is 2.18.